The standard InChI is InChI=1S/C35H49ClN6O15P2/c1-2-13-51-14-15-52-16-17-53-18-19-54-20-21-55-26-6-3-25(4-7-26)5-8-29(43)40-9-11-41(12-10-40)32-27-22-37-42(33(27)39-35(36)38-32)34-31(45)30(44)28(57-34)23-56-59(49,50)24-58(46,47)48/h1,3-4,6-7,22,28,30-31,34,44-45H,5,8-21,23-24H2,(H,49,50)(H2,46,47,48)/t28-,30-,31-,34-/m1/s1. The largest absolute Gasteiger partial charge is 0.491 e. The number of aromatic nitrogens is 4. The summed E-state index contributed by atoms with van der Waals surface area (Å²) in [7, 11) is -9.63. The molecule has 1 aromatic carbocycles. The van der Waals surface area contributed by atoms with E-state index in [-0.39, 0.29) is 23.4 Å². The molecule has 5 rings (SSSR count). The van der Waals surface area contributed by atoms with E-state index in [1.165, 1.54) is 10.9 Å². The van der Waals surface area contributed by atoms with Gasteiger partial charge in [-0.25, -0.2) is 4.68 Å². The number of carbonyl (C=O) groups is 1. The predicted octanol–water partition coefficient (Wildman–Crippen LogP) is 0.796. The minimum Gasteiger partial charge on any atom is -0.491 e. The molecular formula is C35H49ClN6O15P2. The maximum atomic E-state index is 13.2. The first kappa shape index (κ1) is 46.8. The fourth-order valence-corrected chi connectivity index (χ4v) is 8.91. The first-order chi connectivity index (χ1) is 28.2. The third kappa shape index (κ3) is 14.4. The third-order valence-electron chi connectivity index (χ3n) is 9.07. The number of aliphatic hydroxyl groups excluding tert-OH is 2. The number of carbonyl (C=O) groups excluding carboxylic acids is 1. The van der Waals surface area contributed by atoms with Crippen molar-refractivity contribution in [1.82, 2.24) is 24.6 Å². The fourth-order valence-electron chi connectivity index (χ4n) is 6.18. The Hall–Kier alpha value is -3.29. The lowest BCUT2D eigenvalue weighted by molar-refractivity contribution is -0.131. The van der Waals surface area contributed by atoms with Crippen molar-refractivity contribution in [3.63, 3.8) is 0 Å². The molecule has 4 heterocycles. The molecule has 0 aliphatic carbocycles. The molecule has 0 saturated carbocycles. The highest BCUT2D eigenvalue weighted by molar-refractivity contribution is 7.70. The summed E-state index contributed by atoms with van der Waals surface area (Å²) in [4.78, 5) is 53.4. The van der Waals surface area contributed by atoms with Crippen molar-refractivity contribution in [2.45, 2.75) is 37.4 Å². The van der Waals surface area contributed by atoms with Crippen LogP contribution >= 0.6 is 26.8 Å². The Morgan fingerprint density at radius 3 is 2.15 bits per heavy atom. The maximum Gasteiger partial charge on any atom is 0.340 e. The molecule has 5 N–H and O–H groups in total. The van der Waals surface area contributed by atoms with Gasteiger partial charge >= 0.3 is 15.2 Å². The molecule has 21 nitrogen and oxygen atoms in total. The Kier molecular flexibility index (Phi) is 17.9. The van der Waals surface area contributed by atoms with Gasteiger partial charge in [0.15, 0.2) is 17.8 Å². The average molecular weight is 891 g/mol. The number of benzene rings is 1. The smallest absolute Gasteiger partial charge is 0.340 e. The van der Waals surface area contributed by atoms with Crippen LogP contribution in [0.5, 0.6) is 5.75 Å². The van der Waals surface area contributed by atoms with Gasteiger partial charge in [-0.15, -0.1) is 6.42 Å². The zero-order valence-corrected chi connectivity index (χ0v) is 34.6. The first-order valence-corrected chi connectivity index (χ1v) is 22.6. The van der Waals surface area contributed by atoms with Crippen LogP contribution in [-0.4, -0.2) is 172 Å². The van der Waals surface area contributed by atoms with E-state index in [9.17, 15) is 29.0 Å². The Morgan fingerprint density at radius 1 is 0.898 bits per heavy atom. The van der Waals surface area contributed by atoms with Crippen LogP contribution < -0.4 is 9.64 Å². The van der Waals surface area contributed by atoms with Crippen molar-refractivity contribution in [3.8, 4) is 18.1 Å². The summed E-state index contributed by atoms with van der Waals surface area (Å²) in [6.45, 7) is 4.72. The highest BCUT2D eigenvalue weighted by atomic mass is 35.5. The highest BCUT2D eigenvalue weighted by Gasteiger charge is 2.46. The number of hydrogen-bond donors (Lipinski definition) is 5. The number of aliphatic hydroxyl groups is 2. The number of rotatable bonds is 24. The summed E-state index contributed by atoms with van der Waals surface area (Å²) >= 11 is 6.31. The van der Waals surface area contributed by atoms with Crippen LogP contribution in [0.25, 0.3) is 11.0 Å². The molecule has 0 spiro atoms. The highest BCUT2D eigenvalue weighted by Crippen LogP contribution is 2.55. The van der Waals surface area contributed by atoms with Crippen molar-refractivity contribution >= 4 is 49.6 Å². The number of piperazine rings is 1. The summed E-state index contributed by atoms with van der Waals surface area (Å²) in [5.74, 6) is 2.10. The number of fused-ring (bicyclic) bond motifs is 1. The average Bonchev–Trinajstić information content (AvgIpc) is 3.74. The summed E-state index contributed by atoms with van der Waals surface area (Å²) in [6, 6.07) is 7.57. The summed E-state index contributed by atoms with van der Waals surface area (Å²) in [6.07, 6.45) is 1.51. The zero-order valence-electron chi connectivity index (χ0n) is 32.1. The zero-order chi connectivity index (χ0) is 42.4. The number of terminal acetylenes is 1. The van der Waals surface area contributed by atoms with Crippen molar-refractivity contribution in [2.75, 3.05) is 103 Å². The summed E-state index contributed by atoms with van der Waals surface area (Å²) < 4.78 is 62.1. The van der Waals surface area contributed by atoms with Crippen LogP contribution in [-0.2, 0) is 48.6 Å². The summed E-state index contributed by atoms with van der Waals surface area (Å²) in [5.41, 5.74) is 1.16. The Bertz CT molecular complexity index is 1940. The number of ether oxygens (including phenoxy) is 6. The molecule has 1 amide bonds. The van der Waals surface area contributed by atoms with Crippen LogP contribution in [0, 0.1) is 12.3 Å². The normalized spacial score (nSPS) is 20.8. The van der Waals surface area contributed by atoms with Crippen molar-refractivity contribution < 1.29 is 71.8 Å². The van der Waals surface area contributed by atoms with Gasteiger partial charge in [-0.3, -0.25) is 13.9 Å². The van der Waals surface area contributed by atoms with E-state index in [2.05, 4.69) is 21.0 Å². The Morgan fingerprint density at radius 2 is 1.53 bits per heavy atom. The van der Waals surface area contributed by atoms with Crippen LogP contribution in [0.4, 0.5) is 5.82 Å². The lowest BCUT2D eigenvalue weighted by Crippen LogP contribution is -2.49. The van der Waals surface area contributed by atoms with E-state index in [4.69, 9.17) is 60.8 Å². The molecule has 3 aromatic rings. The molecule has 2 aliphatic heterocycles. The Balaban J connectivity index is 1.02. The topological polar surface area (TPSA) is 267 Å². The van der Waals surface area contributed by atoms with Crippen molar-refractivity contribution in [3.05, 3.63) is 41.3 Å². The van der Waals surface area contributed by atoms with E-state index in [0.717, 1.165) is 5.56 Å². The molecule has 24 heteroatoms. The molecule has 0 bridgehead atoms. The number of aryl methyl sites for hydroxylation is 1. The molecule has 2 aliphatic rings. The van der Waals surface area contributed by atoms with Gasteiger partial charge in [0, 0.05) is 32.6 Å². The number of hydrogen-bond acceptors (Lipinski definition) is 16. The van der Waals surface area contributed by atoms with Gasteiger partial charge in [0.2, 0.25) is 11.2 Å². The van der Waals surface area contributed by atoms with Gasteiger partial charge in [-0.05, 0) is 35.7 Å². The monoisotopic (exact) mass is 890 g/mol. The molecule has 2 aromatic heterocycles. The van der Waals surface area contributed by atoms with Crippen LogP contribution in [0.3, 0.4) is 0 Å². The molecule has 1 unspecified atom stereocenters. The number of anilines is 1. The molecule has 2 fully saturated rings. The number of halogens is 1. The fraction of sp³-hybridized carbons (Fsp3) is 0.600. The van der Waals surface area contributed by atoms with E-state index in [1.807, 2.05) is 29.2 Å². The van der Waals surface area contributed by atoms with Gasteiger partial charge in [-0.2, -0.15) is 15.1 Å². The maximum absolute atomic E-state index is 13.2. The minimum absolute atomic E-state index is 0.00626. The van der Waals surface area contributed by atoms with E-state index >= 15 is 0 Å². The number of amides is 1. The molecule has 5 atom stereocenters. The predicted molar refractivity (Wildman–Crippen MR) is 210 cm³/mol. The second-order valence-corrected chi connectivity index (χ2v) is 17.7. The lowest BCUT2D eigenvalue weighted by Gasteiger charge is -2.35. The second kappa shape index (κ2) is 22.5. The van der Waals surface area contributed by atoms with E-state index in [1.54, 1.807) is 4.90 Å². The summed E-state index contributed by atoms with van der Waals surface area (Å²) in [5, 5.41) is 26.0. The van der Waals surface area contributed by atoms with Gasteiger partial charge in [0.1, 0.15) is 43.1 Å². The van der Waals surface area contributed by atoms with Crippen LogP contribution in [0.2, 0.25) is 5.28 Å². The number of nitrogens with zero attached hydrogens (tertiary/aromatic N) is 6. The molecule has 0 radical (unpaired) electrons. The lowest BCUT2D eigenvalue weighted by atomic mass is 10.1. The minimum atomic E-state index is -4.88. The van der Waals surface area contributed by atoms with E-state index < -0.39 is 52.2 Å². The quantitative estimate of drug-likeness (QED) is 0.0360. The third-order valence-corrected chi connectivity index (χ3v) is 12.7. The van der Waals surface area contributed by atoms with Gasteiger partial charge < -0.3 is 67.6 Å². The van der Waals surface area contributed by atoms with Crippen LogP contribution in [0.1, 0.15) is 18.2 Å². The van der Waals surface area contributed by atoms with Crippen molar-refractivity contribution in [1.29, 1.82) is 0 Å². The molecule has 2 saturated heterocycles. The molecular weight excluding hydrogens is 842 g/mol. The van der Waals surface area contributed by atoms with Gasteiger partial charge in [-0.1, -0.05) is 18.1 Å². The Labute approximate surface area is 345 Å². The van der Waals surface area contributed by atoms with Crippen molar-refractivity contribution in [2.24, 2.45) is 0 Å². The SMILES string of the molecule is C#CCOCCOCCOCCOCCOc1ccc(CCC(=O)N2CCN(c3nc(Cl)nc4c3cnn4[C@@H]3O[C@H](COP(=O)(O)CP(=O)(O)O)[C@@H](O)[C@H]3O)CC2)cc1. The molecule has 59 heavy (non-hydrogen) atoms. The second-order valence-electron chi connectivity index (χ2n) is 13.4. The van der Waals surface area contributed by atoms with Gasteiger partial charge in [0.25, 0.3) is 0 Å². The molecule has 326 valence electrons. The first-order valence-electron chi connectivity index (χ1n) is 18.7. The van der Waals surface area contributed by atoms with Crippen LogP contribution in [0.15, 0.2) is 30.5 Å². The van der Waals surface area contributed by atoms with Gasteiger partial charge in [0.05, 0.1) is 64.4 Å². The van der Waals surface area contributed by atoms with E-state index in [0.29, 0.717) is 109 Å².